The van der Waals surface area contributed by atoms with E-state index < -0.39 is 0 Å². The Balaban J connectivity index is 1.98. The Morgan fingerprint density at radius 2 is 1.92 bits per heavy atom. The fraction of sp³-hybridized carbons (Fsp3) is 0.526. The van der Waals surface area contributed by atoms with Crippen molar-refractivity contribution in [2.45, 2.75) is 53.1 Å². The number of pyridine rings is 1. The van der Waals surface area contributed by atoms with Crippen LogP contribution >= 0.6 is 0 Å². The first-order valence-electron chi connectivity index (χ1n) is 8.76. The van der Waals surface area contributed by atoms with E-state index in [-0.39, 0.29) is 24.0 Å². The summed E-state index contributed by atoms with van der Waals surface area (Å²) in [6.45, 7) is 10.2. The van der Waals surface area contributed by atoms with Crippen LogP contribution in [0.5, 0.6) is 0 Å². The molecular weight excluding hydrogens is 314 g/mol. The van der Waals surface area contributed by atoms with E-state index in [0.717, 1.165) is 23.5 Å². The van der Waals surface area contributed by atoms with E-state index in [9.17, 15) is 4.79 Å². The maximum atomic E-state index is 12.4. The van der Waals surface area contributed by atoms with E-state index in [2.05, 4.69) is 41.5 Å². The highest BCUT2D eigenvalue weighted by molar-refractivity contribution is 5.74. The predicted octanol–water partition coefficient (Wildman–Crippen LogP) is 3.06. The van der Waals surface area contributed by atoms with Gasteiger partial charge in [-0.2, -0.15) is 5.10 Å². The fourth-order valence-electron chi connectivity index (χ4n) is 3.02. The fourth-order valence-corrected chi connectivity index (χ4v) is 3.02. The van der Waals surface area contributed by atoms with Gasteiger partial charge in [0.05, 0.1) is 17.4 Å². The van der Waals surface area contributed by atoms with Crippen LogP contribution in [0.1, 0.15) is 49.5 Å². The van der Waals surface area contributed by atoms with E-state index in [1.807, 2.05) is 43.8 Å². The number of urea groups is 1. The smallest absolute Gasteiger partial charge is 0.315 e. The lowest BCUT2D eigenvalue weighted by Crippen LogP contribution is -2.44. The molecule has 0 aliphatic rings. The molecule has 0 bridgehead atoms. The van der Waals surface area contributed by atoms with Gasteiger partial charge in [0, 0.05) is 25.0 Å². The third-order valence-electron chi connectivity index (χ3n) is 4.51. The van der Waals surface area contributed by atoms with Gasteiger partial charge in [-0.1, -0.05) is 19.9 Å². The first kappa shape index (κ1) is 19.0. The number of aryl methyl sites for hydroxylation is 2. The summed E-state index contributed by atoms with van der Waals surface area (Å²) in [5.74, 6) is 0.249. The van der Waals surface area contributed by atoms with Crippen molar-refractivity contribution in [3.05, 3.63) is 47.0 Å². The average molecular weight is 343 g/mol. The minimum atomic E-state index is -0.170. The van der Waals surface area contributed by atoms with Crippen LogP contribution < -0.4 is 10.6 Å². The van der Waals surface area contributed by atoms with Gasteiger partial charge >= 0.3 is 6.03 Å². The van der Waals surface area contributed by atoms with Crippen molar-refractivity contribution in [2.24, 2.45) is 13.0 Å². The van der Waals surface area contributed by atoms with Crippen LogP contribution in [0.15, 0.2) is 24.4 Å². The number of carbonyl (C=O) groups is 1. The van der Waals surface area contributed by atoms with E-state index in [1.54, 1.807) is 6.20 Å². The molecule has 0 unspecified atom stereocenters. The highest BCUT2D eigenvalue weighted by Gasteiger charge is 2.21. The van der Waals surface area contributed by atoms with Gasteiger partial charge in [0.25, 0.3) is 0 Å². The summed E-state index contributed by atoms with van der Waals surface area (Å²) in [6.07, 6.45) is 2.51. The molecule has 0 radical (unpaired) electrons. The normalized spacial score (nSPS) is 13.6. The summed E-state index contributed by atoms with van der Waals surface area (Å²) in [5.41, 5.74) is 4.22. The molecular formula is C19H29N5O. The van der Waals surface area contributed by atoms with Crippen LogP contribution in [0, 0.1) is 19.8 Å². The summed E-state index contributed by atoms with van der Waals surface area (Å²) in [5, 5.41) is 10.5. The topological polar surface area (TPSA) is 71.8 Å². The molecule has 2 amide bonds. The lowest BCUT2D eigenvalue weighted by atomic mass is 10.0. The highest BCUT2D eigenvalue weighted by Crippen LogP contribution is 2.19. The van der Waals surface area contributed by atoms with Gasteiger partial charge in [-0.25, -0.2) is 4.79 Å². The average Bonchev–Trinajstić information content (AvgIpc) is 2.79. The molecule has 2 N–H and O–H groups in total. The van der Waals surface area contributed by atoms with Gasteiger partial charge in [-0.05, 0) is 50.8 Å². The Kier molecular flexibility index (Phi) is 6.17. The zero-order chi connectivity index (χ0) is 18.6. The number of hydrogen-bond acceptors (Lipinski definition) is 3. The van der Waals surface area contributed by atoms with Crippen molar-refractivity contribution in [1.82, 2.24) is 25.4 Å². The van der Waals surface area contributed by atoms with Gasteiger partial charge in [-0.15, -0.1) is 0 Å². The van der Waals surface area contributed by atoms with Crippen LogP contribution in [-0.4, -0.2) is 26.8 Å². The number of nitrogens with zero attached hydrogens (tertiary/aromatic N) is 3. The number of hydrogen-bond donors (Lipinski definition) is 2. The van der Waals surface area contributed by atoms with Crippen molar-refractivity contribution in [2.75, 3.05) is 0 Å². The van der Waals surface area contributed by atoms with Crippen molar-refractivity contribution in [3.8, 4) is 0 Å². The molecule has 0 saturated carbocycles. The van der Waals surface area contributed by atoms with E-state index in [1.165, 1.54) is 5.56 Å². The molecule has 2 aromatic heterocycles. The molecule has 2 aromatic rings. The Morgan fingerprint density at radius 3 is 2.44 bits per heavy atom. The van der Waals surface area contributed by atoms with Crippen LogP contribution in [0.2, 0.25) is 0 Å². The van der Waals surface area contributed by atoms with Crippen LogP contribution in [-0.2, 0) is 13.5 Å². The van der Waals surface area contributed by atoms with E-state index in [4.69, 9.17) is 0 Å². The zero-order valence-corrected chi connectivity index (χ0v) is 16.0. The number of nitrogens with one attached hydrogen (secondary N) is 2. The van der Waals surface area contributed by atoms with E-state index in [0.29, 0.717) is 0 Å². The molecule has 6 heteroatoms. The monoisotopic (exact) mass is 343 g/mol. The summed E-state index contributed by atoms with van der Waals surface area (Å²) in [4.78, 5) is 16.8. The van der Waals surface area contributed by atoms with E-state index >= 15 is 0 Å². The Bertz CT molecular complexity index is 708. The Hall–Kier alpha value is -2.37. The van der Waals surface area contributed by atoms with Crippen LogP contribution in [0.3, 0.4) is 0 Å². The maximum absolute atomic E-state index is 12.4. The van der Waals surface area contributed by atoms with Crippen molar-refractivity contribution in [3.63, 3.8) is 0 Å². The number of amides is 2. The Labute approximate surface area is 150 Å². The summed E-state index contributed by atoms with van der Waals surface area (Å²) in [6, 6.07) is 5.48. The number of rotatable bonds is 6. The minimum Gasteiger partial charge on any atom is -0.335 e. The molecule has 2 rings (SSSR count). The molecule has 0 aliphatic heterocycles. The molecule has 0 saturated heterocycles. The third kappa shape index (κ3) is 4.81. The standard InChI is InChI=1S/C19H29N5O/c1-12(2)18(17-9-7-8-10-20-17)22-19(25)21-13(3)11-16-14(4)23-24(6)15(16)5/h7-10,12-13,18H,11H2,1-6H3,(H2,21,22,25)/t13-,18-/m0/s1. The van der Waals surface area contributed by atoms with Gasteiger partial charge in [0.2, 0.25) is 0 Å². The second kappa shape index (κ2) is 8.14. The molecule has 2 heterocycles. The first-order valence-corrected chi connectivity index (χ1v) is 8.76. The molecule has 0 aromatic carbocycles. The third-order valence-corrected chi connectivity index (χ3v) is 4.51. The van der Waals surface area contributed by atoms with Crippen molar-refractivity contribution >= 4 is 6.03 Å². The minimum absolute atomic E-state index is 0.0122. The summed E-state index contributed by atoms with van der Waals surface area (Å²) < 4.78 is 1.88. The molecule has 25 heavy (non-hydrogen) atoms. The molecule has 0 fully saturated rings. The molecule has 2 atom stereocenters. The summed E-state index contributed by atoms with van der Waals surface area (Å²) >= 11 is 0. The molecule has 136 valence electrons. The zero-order valence-electron chi connectivity index (χ0n) is 16.0. The number of carbonyl (C=O) groups excluding carboxylic acids is 1. The van der Waals surface area contributed by atoms with Gasteiger partial charge in [0.1, 0.15) is 0 Å². The summed E-state index contributed by atoms with van der Waals surface area (Å²) in [7, 11) is 1.94. The van der Waals surface area contributed by atoms with Crippen molar-refractivity contribution in [1.29, 1.82) is 0 Å². The number of aromatic nitrogens is 3. The van der Waals surface area contributed by atoms with Crippen LogP contribution in [0.4, 0.5) is 4.79 Å². The first-order chi connectivity index (χ1) is 11.8. The van der Waals surface area contributed by atoms with Gasteiger partial charge < -0.3 is 10.6 Å². The van der Waals surface area contributed by atoms with Crippen molar-refractivity contribution < 1.29 is 4.79 Å². The quantitative estimate of drug-likeness (QED) is 0.847. The van der Waals surface area contributed by atoms with Gasteiger partial charge in [-0.3, -0.25) is 9.67 Å². The molecule has 0 aliphatic carbocycles. The molecule has 0 spiro atoms. The highest BCUT2D eigenvalue weighted by atomic mass is 16.2. The second-order valence-electron chi connectivity index (χ2n) is 6.97. The molecule has 6 nitrogen and oxygen atoms in total. The lowest BCUT2D eigenvalue weighted by molar-refractivity contribution is 0.229. The predicted molar refractivity (Wildman–Crippen MR) is 99.3 cm³/mol. The lowest BCUT2D eigenvalue weighted by Gasteiger charge is -2.23. The largest absolute Gasteiger partial charge is 0.335 e. The Morgan fingerprint density at radius 1 is 1.20 bits per heavy atom. The second-order valence-corrected chi connectivity index (χ2v) is 6.97. The SMILES string of the molecule is Cc1nn(C)c(C)c1C[C@H](C)NC(=O)N[C@H](c1ccccn1)C(C)C. The van der Waals surface area contributed by atoms with Crippen LogP contribution in [0.25, 0.3) is 0 Å². The maximum Gasteiger partial charge on any atom is 0.315 e. The van der Waals surface area contributed by atoms with Gasteiger partial charge in [0.15, 0.2) is 0 Å².